The molecule has 6 heteroatoms. The van der Waals surface area contributed by atoms with Crippen LogP contribution in [0.1, 0.15) is 18.4 Å². The van der Waals surface area contributed by atoms with Crippen molar-refractivity contribution in [3.8, 4) is 0 Å². The van der Waals surface area contributed by atoms with Crippen LogP contribution in [-0.2, 0) is 16.4 Å². The van der Waals surface area contributed by atoms with Gasteiger partial charge in [0.05, 0.1) is 0 Å². The van der Waals surface area contributed by atoms with E-state index < -0.39 is 15.8 Å². The number of nitrogens with zero attached hydrogens (tertiary/aromatic N) is 2. The molecule has 0 amide bonds. The molecule has 0 bridgehead atoms. The summed E-state index contributed by atoms with van der Waals surface area (Å²) in [6.07, 6.45) is 3.02. The lowest BCUT2D eigenvalue weighted by atomic mass is 10.0. The van der Waals surface area contributed by atoms with Crippen molar-refractivity contribution in [2.75, 3.05) is 19.6 Å². The molecule has 0 aromatic heterocycles. The summed E-state index contributed by atoms with van der Waals surface area (Å²) >= 11 is 0. The summed E-state index contributed by atoms with van der Waals surface area (Å²) in [7, 11) is -3.86. The maximum absolute atomic E-state index is 14.2. The van der Waals surface area contributed by atoms with Gasteiger partial charge in [-0.05, 0) is 37.0 Å². The summed E-state index contributed by atoms with van der Waals surface area (Å²) in [5, 5.41) is 0. The molecule has 4 rings (SSSR count). The first-order valence-electron chi connectivity index (χ1n) is 9.10. The molecule has 0 N–H and O–H groups in total. The van der Waals surface area contributed by atoms with Gasteiger partial charge in [-0.2, -0.15) is 4.31 Å². The van der Waals surface area contributed by atoms with E-state index in [1.165, 1.54) is 35.3 Å². The van der Waals surface area contributed by atoms with E-state index in [1.807, 2.05) is 30.3 Å². The van der Waals surface area contributed by atoms with E-state index >= 15 is 0 Å². The Bertz CT molecular complexity index is 868. The SMILES string of the molecule is O=S(=O)(c1ccccc1F)N1CCN(C2CC2)CC1Cc1ccccc1. The lowest BCUT2D eigenvalue weighted by Crippen LogP contribution is -2.56. The van der Waals surface area contributed by atoms with Crippen molar-refractivity contribution in [1.82, 2.24) is 9.21 Å². The molecular formula is C20H23FN2O2S. The molecule has 2 aromatic rings. The summed E-state index contributed by atoms with van der Waals surface area (Å²) in [5.41, 5.74) is 1.10. The standard InChI is InChI=1S/C20H23FN2O2S/c21-19-8-4-5-9-20(19)26(24,25)23-13-12-22(17-10-11-17)15-18(23)14-16-6-2-1-3-7-16/h1-9,17-18H,10-15H2. The minimum atomic E-state index is -3.86. The van der Waals surface area contributed by atoms with Crippen molar-refractivity contribution in [3.05, 3.63) is 66.0 Å². The molecule has 1 saturated heterocycles. The topological polar surface area (TPSA) is 40.6 Å². The fourth-order valence-corrected chi connectivity index (χ4v) is 5.46. The zero-order valence-electron chi connectivity index (χ0n) is 14.6. The first-order valence-corrected chi connectivity index (χ1v) is 10.5. The Morgan fingerprint density at radius 1 is 0.962 bits per heavy atom. The van der Waals surface area contributed by atoms with Gasteiger partial charge in [-0.25, -0.2) is 12.8 Å². The summed E-state index contributed by atoms with van der Waals surface area (Å²) in [6, 6.07) is 16.0. The lowest BCUT2D eigenvalue weighted by Gasteiger charge is -2.41. The Balaban J connectivity index is 1.64. The summed E-state index contributed by atoms with van der Waals surface area (Å²) in [6.45, 7) is 1.82. The number of sulfonamides is 1. The van der Waals surface area contributed by atoms with E-state index in [0.717, 1.165) is 5.56 Å². The van der Waals surface area contributed by atoms with E-state index in [9.17, 15) is 12.8 Å². The highest BCUT2D eigenvalue weighted by atomic mass is 32.2. The molecule has 1 aliphatic carbocycles. The Hall–Kier alpha value is -1.76. The van der Waals surface area contributed by atoms with Crippen molar-refractivity contribution in [3.63, 3.8) is 0 Å². The molecule has 1 aliphatic heterocycles. The zero-order chi connectivity index (χ0) is 18.1. The third kappa shape index (κ3) is 3.54. The predicted octanol–water partition coefficient (Wildman–Crippen LogP) is 2.91. The first kappa shape index (κ1) is 17.6. The van der Waals surface area contributed by atoms with Crippen molar-refractivity contribution >= 4 is 10.0 Å². The third-order valence-electron chi connectivity index (χ3n) is 5.26. The molecule has 2 aliphatic rings. The number of halogens is 1. The molecular weight excluding hydrogens is 351 g/mol. The van der Waals surface area contributed by atoms with Crippen LogP contribution in [0.2, 0.25) is 0 Å². The van der Waals surface area contributed by atoms with Gasteiger partial charge in [0.1, 0.15) is 10.7 Å². The maximum atomic E-state index is 14.2. The van der Waals surface area contributed by atoms with Crippen LogP contribution in [0, 0.1) is 5.82 Å². The average molecular weight is 374 g/mol. The molecule has 0 radical (unpaired) electrons. The molecule has 1 saturated carbocycles. The third-order valence-corrected chi connectivity index (χ3v) is 7.25. The number of rotatable bonds is 5. The van der Waals surface area contributed by atoms with E-state index in [4.69, 9.17) is 0 Å². The van der Waals surface area contributed by atoms with Crippen molar-refractivity contribution in [1.29, 1.82) is 0 Å². The number of piperazine rings is 1. The van der Waals surface area contributed by atoms with Gasteiger partial charge < -0.3 is 0 Å². The van der Waals surface area contributed by atoms with Crippen LogP contribution in [0.4, 0.5) is 4.39 Å². The first-order chi connectivity index (χ1) is 12.6. The maximum Gasteiger partial charge on any atom is 0.246 e. The summed E-state index contributed by atoms with van der Waals surface area (Å²) in [5.74, 6) is -0.685. The van der Waals surface area contributed by atoms with Gasteiger partial charge >= 0.3 is 0 Å². The number of benzene rings is 2. The smallest absolute Gasteiger partial charge is 0.246 e. The van der Waals surface area contributed by atoms with Gasteiger partial charge in [0.2, 0.25) is 10.0 Å². The zero-order valence-corrected chi connectivity index (χ0v) is 15.4. The molecule has 2 fully saturated rings. The minimum absolute atomic E-state index is 0.184. The fourth-order valence-electron chi connectivity index (χ4n) is 3.78. The number of hydrogen-bond donors (Lipinski definition) is 0. The van der Waals surface area contributed by atoms with Crippen molar-refractivity contribution in [2.24, 2.45) is 0 Å². The van der Waals surface area contributed by atoms with Crippen LogP contribution < -0.4 is 0 Å². The van der Waals surface area contributed by atoms with Gasteiger partial charge in [0.15, 0.2) is 0 Å². The second-order valence-electron chi connectivity index (χ2n) is 7.12. The average Bonchev–Trinajstić information content (AvgIpc) is 3.48. The van der Waals surface area contributed by atoms with Gasteiger partial charge in [-0.1, -0.05) is 42.5 Å². The molecule has 138 valence electrons. The molecule has 1 atom stereocenters. The van der Waals surface area contributed by atoms with Gasteiger partial charge in [-0.15, -0.1) is 0 Å². The number of hydrogen-bond acceptors (Lipinski definition) is 3. The largest absolute Gasteiger partial charge is 0.297 e. The Morgan fingerprint density at radius 2 is 1.65 bits per heavy atom. The molecule has 0 spiro atoms. The molecule has 2 aromatic carbocycles. The monoisotopic (exact) mass is 374 g/mol. The van der Waals surface area contributed by atoms with Crippen LogP contribution >= 0.6 is 0 Å². The van der Waals surface area contributed by atoms with Crippen molar-refractivity contribution in [2.45, 2.75) is 36.2 Å². The molecule has 26 heavy (non-hydrogen) atoms. The highest BCUT2D eigenvalue weighted by Crippen LogP contribution is 2.32. The van der Waals surface area contributed by atoms with Crippen LogP contribution in [0.5, 0.6) is 0 Å². The van der Waals surface area contributed by atoms with Crippen LogP contribution in [0.25, 0.3) is 0 Å². The summed E-state index contributed by atoms with van der Waals surface area (Å²) in [4.78, 5) is 2.17. The molecule has 4 nitrogen and oxygen atoms in total. The Labute approximate surface area is 154 Å². The van der Waals surface area contributed by atoms with E-state index in [-0.39, 0.29) is 10.9 Å². The summed E-state index contributed by atoms with van der Waals surface area (Å²) < 4.78 is 42.0. The second kappa shape index (κ2) is 7.10. The molecule has 1 unspecified atom stereocenters. The lowest BCUT2D eigenvalue weighted by molar-refractivity contribution is 0.128. The highest BCUT2D eigenvalue weighted by Gasteiger charge is 2.41. The van der Waals surface area contributed by atoms with Crippen LogP contribution in [0.15, 0.2) is 59.5 Å². The van der Waals surface area contributed by atoms with Gasteiger partial charge in [0, 0.05) is 31.7 Å². The van der Waals surface area contributed by atoms with Gasteiger partial charge in [-0.3, -0.25) is 4.90 Å². The van der Waals surface area contributed by atoms with Crippen molar-refractivity contribution < 1.29 is 12.8 Å². The normalized spacial score (nSPS) is 22.4. The van der Waals surface area contributed by atoms with E-state index in [2.05, 4.69) is 4.90 Å². The Kier molecular flexibility index (Phi) is 4.82. The highest BCUT2D eigenvalue weighted by molar-refractivity contribution is 7.89. The predicted molar refractivity (Wildman–Crippen MR) is 98.8 cm³/mol. The quantitative estimate of drug-likeness (QED) is 0.808. The Morgan fingerprint density at radius 3 is 2.35 bits per heavy atom. The van der Waals surface area contributed by atoms with E-state index in [0.29, 0.717) is 32.1 Å². The minimum Gasteiger partial charge on any atom is -0.297 e. The fraction of sp³-hybridized carbons (Fsp3) is 0.400. The van der Waals surface area contributed by atoms with Crippen LogP contribution in [-0.4, -0.2) is 49.3 Å². The second-order valence-corrected chi connectivity index (χ2v) is 8.97. The molecule has 1 heterocycles. The van der Waals surface area contributed by atoms with Crippen LogP contribution in [0.3, 0.4) is 0 Å². The van der Waals surface area contributed by atoms with Gasteiger partial charge in [0.25, 0.3) is 0 Å². The van der Waals surface area contributed by atoms with E-state index in [1.54, 1.807) is 6.07 Å².